The van der Waals surface area contributed by atoms with Crippen LogP contribution in [0, 0.1) is 24.7 Å². The van der Waals surface area contributed by atoms with Crippen molar-refractivity contribution in [3.05, 3.63) is 41.6 Å². The number of hydrogen-bond acceptors (Lipinski definition) is 2. The van der Waals surface area contributed by atoms with Crippen molar-refractivity contribution in [2.45, 2.75) is 41.2 Å². The van der Waals surface area contributed by atoms with Crippen molar-refractivity contribution in [2.75, 3.05) is 6.54 Å². The van der Waals surface area contributed by atoms with Crippen LogP contribution in [0.5, 0.6) is 0 Å². The van der Waals surface area contributed by atoms with Gasteiger partial charge < -0.3 is 5.32 Å². The van der Waals surface area contributed by atoms with Crippen LogP contribution in [0.3, 0.4) is 0 Å². The summed E-state index contributed by atoms with van der Waals surface area (Å²) < 4.78 is 0. The summed E-state index contributed by atoms with van der Waals surface area (Å²) in [6.07, 6.45) is 0. The second kappa shape index (κ2) is 7.04. The van der Waals surface area contributed by atoms with Crippen LogP contribution < -0.4 is 5.32 Å². The Morgan fingerprint density at radius 1 is 1.05 bits per heavy atom. The molecule has 1 heterocycles. The lowest BCUT2D eigenvalue weighted by Crippen LogP contribution is -2.29. The Kier molecular flexibility index (Phi) is 5.35. The Balaban J connectivity index is 2.10. The van der Waals surface area contributed by atoms with Crippen LogP contribution in [0.15, 0.2) is 30.3 Å². The number of aryl methyl sites for hydroxylation is 1. The smallest absolute Gasteiger partial charge is 0.0708 e. The predicted molar refractivity (Wildman–Crippen MR) is 91.4 cm³/mol. The van der Waals surface area contributed by atoms with E-state index < -0.39 is 0 Å². The molecule has 0 saturated carbocycles. The zero-order chi connectivity index (χ0) is 15.4. The highest BCUT2D eigenvalue weighted by Gasteiger charge is 2.16. The molecule has 2 aromatic rings. The minimum Gasteiger partial charge on any atom is -0.312 e. The van der Waals surface area contributed by atoms with Gasteiger partial charge in [0.15, 0.2) is 0 Å². The molecule has 0 aliphatic heterocycles. The highest BCUT2D eigenvalue weighted by atomic mass is 14.9. The molecule has 0 unspecified atom stereocenters. The zero-order valence-electron chi connectivity index (χ0n) is 14.0. The van der Waals surface area contributed by atoms with E-state index in [1.807, 2.05) is 0 Å². The molecule has 0 amide bonds. The van der Waals surface area contributed by atoms with Gasteiger partial charge in [-0.1, -0.05) is 45.9 Å². The molecule has 0 aliphatic rings. The minimum absolute atomic E-state index is 0.716. The summed E-state index contributed by atoms with van der Waals surface area (Å²) in [4.78, 5) is 4.61. The van der Waals surface area contributed by atoms with Crippen molar-refractivity contribution in [1.29, 1.82) is 0 Å². The van der Waals surface area contributed by atoms with E-state index in [0.717, 1.165) is 30.2 Å². The lowest BCUT2D eigenvalue weighted by molar-refractivity contribution is 0.275. The number of aromatic nitrogens is 1. The summed E-state index contributed by atoms with van der Waals surface area (Å²) in [5, 5.41) is 4.92. The molecule has 0 spiro atoms. The van der Waals surface area contributed by atoms with Gasteiger partial charge >= 0.3 is 0 Å². The van der Waals surface area contributed by atoms with E-state index in [9.17, 15) is 0 Å². The van der Waals surface area contributed by atoms with Crippen molar-refractivity contribution in [1.82, 2.24) is 10.3 Å². The van der Waals surface area contributed by atoms with Crippen LogP contribution in [-0.4, -0.2) is 11.5 Å². The summed E-state index contributed by atoms with van der Waals surface area (Å²) in [5.74, 6) is 2.15. The highest BCUT2D eigenvalue weighted by molar-refractivity contribution is 5.82. The maximum atomic E-state index is 4.61. The number of nitrogens with one attached hydrogen (secondary N) is 1. The summed E-state index contributed by atoms with van der Waals surface area (Å²) in [6, 6.07) is 10.6. The van der Waals surface area contributed by atoms with Crippen molar-refractivity contribution < 1.29 is 0 Å². The van der Waals surface area contributed by atoms with Crippen molar-refractivity contribution in [3.8, 4) is 0 Å². The Morgan fingerprint density at radius 3 is 2.38 bits per heavy atom. The van der Waals surface area contributed by atoms with E-state index in [1.165, 1.54) is 10.9 Å². The molecule has 1 N–H and O–H groups in total. The number of nitrogens with zero attached hydrogens (tertiary/aromatic N) is 1. The first-order valence-electron chi connectivity index (χ1n) is 8.05. The average molecular weight is 284 g/mol. The van der Waals surface area contributed by atoms with E-state index >= 15 is 0 Å². The minimum atomic E-state index is 0.716. The van der Waals surface area contributed by atoms with E-state index in [4.69, 9.17) is 0 Å². The molecular formula is C19H28N2. The SMILES string of the molecule is Cc1cc(CNCC(C(C)C)C(C)C)c2ccccc2n1. The molecule has 2 rings (SSSR count). The van der Waals surface area contributed by atoms with Crippen molar-refractivity contribution >= 4 is 10.9 Å². The highest BCUT2D eigenvalue weighted by Crippen LogP contribution is 2.21. The maximum absolute atomic E-state index is 4.61. The number of benzene rings is 1. The molecule has 0 aliphatic carbocycles. The van der Waals surface area contributed by atoms with Crippen LogP contribution >= 0.6 is 0 Å². The molecule has 0 bridgehead atoms. The summed E-state index contributed by atoms with van der Waals surface area (Å²) in [5.41, 5.74) is 3.54. The first-order chi connectivity index (χ1) is 9.99. The molecule has 0 saturated heterocycles. The summed E-state index contributed by atoms with van der Waals surface area (Å²) >= 11 is 0. The molecule has 0 radical (unpaired) electrons. The largest absolute Gasteiger partial charge is 0.312 e. The monoisotopic (exact) mass is 284 g/mol. The van der Waals surface area contributed by atoms with Gasteiger partial charge in [-0.05, 0) is 48.9 Å². The third kappa shape index (κ3) is 4.04. The van der Waals surface area contributed by atoms with Gasteiger partial charge in [-0.15, -0.1) is 0 Å². The van der Waals surface area contributed by atoms with Gasteiger partial charge in [0.05, 0.1) is 5.52 Å². The fourth-order valence-corrected chi connectivity index (χ4v) is 3.16. The fourth-order valence-electron chi connectivity index (χ4n) is 3.16. The van der Waals surface area contributed by atoms with E-state index in [1.54, 1.807) is 0 Å². The zero-order valence-corrected chi connectivity index (χ0v) is 14.0. The van der Waals surface area contributed by atoms with Crippen LogP contribution in [0.1, 0.15) is 39.0 Å². The number of rotatable bonds is 6. The van der Waals surface area contributed by atoms with Gasteiger partial charge in [-0.3, -0.25) is 4.98 Å². The average Bonchev–Trinajstić information content (AvgIpc) is 2.42. The first-order valence-corrected chi connectivity index (χ1v) is 8.05. The van der Waals surface area contributed by atoms with Crippen LogP contribution in [0.4, 0.5) is 0 Å². The molecule has 0 fully saturated rings. The molecule has 2 nitrogen and oxygen atoms in total. The van der Waals surface area contributed by atoms with E-state index in [2.05, 4.69) is 75.3 Å². The first kappa shape index (κ1) is 16.0. The number of para-hydroxylation sites is 1. The van der Waals surface area contributed by atoms with E-state index in [0.29, 0.717) is 11.8 Å². The molecule has 114 valence electrons. The standard InChI is InChI=1S/C19H28N2/c1-13(2)18(14(3)4)12-20-11-16-10-15(5)21-19-9-7-6-8-17(16)19/h6-10,13-14,18,20H,11-12H2,1-5H3. The number of hydrogen-bond donors (Lipinski definition) is 1. The third-order valence-electron chi connectivity index (χ3n) is 4.34. The van der Waals surface area contributed by atoms with Gasteiger partial charge in [0.25, 0.3) is 0 Å². The number of pyridine rings is 1. The molecule has 2 heteroatoms. The Bertz CT molecular complexity index is 579. The van der Waals surface area contributed by atoms with Crippen LogP contribution in [-0.2, 0) is 6.54 Å². The quantitative estimate of drug-likeness (QED) is 0.841. The normalized spacial score (nSPS) is 12.0. The summed E-state index contributed by atoms with van der Waals surface area (Å²) in [7, 11) is 0. The Morgan fingerprint density at radius 2 is 1.71 bits per heavy atom. The molecule has 0 atom stereocenters. The maximum Gasteiger partial charge on any atom is 0.0708 e. The van der Waals surface area contributed by atoms with Crippen molar-refractivity contribution in [3.63, 3.8) is 0 Å². The van der Waals surface area contributed by atoms with Gasteiger partial charge in [0.2, 0.25) is 0 Å². The molecule has 1 aromatic carbocycles. The number of fused-ring (bicyclic) bond motifs is 1. The topological polar surface area (TPSA) is 24.9 Å². The van der Waals surface area contributed by atoms with Gasteiger partial charge in [0.1, 0.15) is 0 Å². The molecule has 1 aromatic heterocycles. The lowest BCUT2D eigenvalue weighted by atomic mass is 9.85. The fraction of sp³-hybridized carbons (Fsp3) is 0.526. The van der Waals surface area contributed by atoms with E-state index in [-0.39, 0.29) is 0 Å². The lowest BCUT2D eigenvalue weighted by Gasteiger charge is -2.25. The third-order valence-corrected chi connectivity index (χ3v) is 4.34. The van der Waals surface area contributed by atoms with Gasteiger partial charge in [-0.2, -0.15) is 0 Å². The second-order valence-electron chi connectivity index (χ2n) is 6.72. The van der Waals surface area contributed by atoms with Crippen LogP contribution in [0.2, 0.25) is 0 Å². The van der Waals surface area contributed by atoms with Crippen LogP contribution in [0.25, 0.3) is 10.9 Å². The van der Waals surface area contributed by atoms with Gasteiger partial charge in [0, 0.05) is 17.6 Å². The van der Waals surface area contributed by atoms with Gasteiger partial charge in [-0.25, -0.2) is 0 Å². The Hall–Kier alpha value is -1.41. The molecular weight excluding hydrogens is 256 g/mol. The molecule has 21 heavy (non-hydrogen) atoms. The van der Waals surface area contributed by atoms with Crippen molar-refractivity contribution in [2.24, 2.45) is 17.8 Å². The summed E-state index contributed by atoms with van der Waals surface area (Å²) in [6.45, 7) is 13.3. The Labute approximate surface area is 129 Å². The second-order valence-corrected chi connectivity index (χ2v) is 6.72. The predicted octanol–water partition coefficient (Wildman–Crippen LogP) is 4.56.